The van der Waals surface area contributed by atoms with E-state index in [1.54, 1.807) is 6.92 Å². The largest absolute Gasteiger partial charge is 0.348 e. The van der Waals surface area contributed by atoms with Crippen molar-refractivity contribution in [2.45, 2.75) is 78.1 Å². The van der Waals surface area contributed by atoms with Crippen molar-refractivity contribution in [3.63, 3.8) is 0 Å². The molecule has 0 aliphatic rings. The molecule has 0 saturated carbocycles. The highest BCUT2D eigenvalue weighted by molar-refractivity contribution is 7.44. The third-order valence-corrected chi connectivity index (χ3v) is 5.42. The zero-order valence-electron chi connectivity index (χ0n) is 16.0. The predicted octanol–water partition coefficient (Wildman–Crippen LogP) is 4.23. The maximum atomic E-state index is 14.8. The SMILES string of the molecule is [B]C(O[C@](F)(CC)COP(OCC[N+]#[C-])N(C(C)C)C(C)C)[C@H](C)F. The molecule has 0 aromatic rings. The minimum atomic E-state index is -2.21. The molecule has 0 aromatic carbocycles. The first-order valence-electron chi connectivity index (χ1n) is 8.51. The molecule has 25 heavy (non-hydrogen) atoms. The number of halogens is 2. The van der Waals surface area contributed by atoms with Crippen molar-refractivity contribution in [1.29, 1.82) is 0 Å². The third kappa shape index (κ3) is 9.26. The quantitative estimate of drug-likeness (QED) is 0.208. The summed E-state index contributed by atoms with van der Waals surface area (Å²) in [4.78, 5) is 3.24. The van der Waals surface area contributed by atoms with E-state index in [0.29, 0.717) is 0 Å². The standard InChI is InChI=1S/C16H30BF2N2O3P/c1-8-16(19,24-15(17)14(6)18)11-23-25(22-10-9-20-7)21(12(2)3)13(4)5/h12-15H,8-11H2,1-6H3/t14-,15?,16+,25?/m0/s1. The summed E-state index contributed by atoms with van der Waals surface area (Å²) < 4.78 is 46.4. The summed E-state index contributed by atoms with van der Waals surface area (Å²) in [6.45, 7) is 17.5. The van der Waals surface area contributed by atoms with Crippen molar-refractivity contribution in [1.82, 2.24) is 4.67 Å². The Morgan fingerprint density at radius 1 is 1.20 bits per heavy atom. The van der Waals surface area contributed by atoms with Crippen LogP contribution in [0, 0.1) is 6.57 Å². The van der Waals surface area contributed by atoms with Crippen LogP contribution in [0.15, 0.2) is 0 Å². The molecule has 0 amide bonds. The van der Waals surface area contributed by atoms with Crippen molar-refractivity contribution < 1.29 is 22.6 Å². The summed E-state index contributed by atoms with van der Waals surface area (Å²) in [5.74, 6) is -2.21. The van der Waals surface area contributed by atoms with E-state index in [-0.39, 0.29) is 31.7 Å². The predicted molar refractivity (Wildman–Crippen MR) is 97.7 cm³/mol. The van der Waals surface area contributed by atoms with Crippen molar-refractivity contribution in [2.24, 2.45) is 0 Å². The molecule has 0 N–H and O–H groups in total. The van der Waals surface area contributed by atoms with Gasteiger partial charge in [0.1, 0.15) is 27.2 Å². The Labute approximate surface area is 153 Å². The molecule has 0 bridgehead atoms. The first-order valence-corrected chi connectivity index (χ1v) is 9.64. The van der Waals surface area contributed by atoms with E-state index in [9.17, 15) is 8.78 Å². The maximum Gasteiger partial charge on any atom is 0.259 e. The molecule has 2 unspecified atom stereocenters. The van der Waals surface area contributed by atoms with Crippen LogP contribution in [0.3, 0.4) is 0 Å². The lowest BCUT2D eigenvalue weighted by atomic mass is 9.95. The normalized spacial score (nSPS) is 18.2. The lowest BCUT2D eigenvalue weighted by Crippen LogP contribution is -2.41. The second-order valence-electron chi connectivity index (χ2n) is 6.29. The van der Waals surface area contributed by atoms with E-state index in [1.807, 2.05) is 32.4 Å². The first-order chi connectivity index (χ1) is 11.6. The van der Waals surface area contributed by atoms with Gasteiger partial charge in [0.2, 0.25) is 12.4 Å². The summed E-state index contributed by atoms with van der Waals surface area (Å²) >= 11 is 0. The molecule has 2 radical (unpaired) electrons. The molecule has 0 saturated heterocycles. The van der Waals surface area contributed by atoms with Gasteiger partial charge < -0.3 is 18.6 Å². The van der Waals surface area contributed by atoms with Crippen LogP contribution in [0.4, 0.5) is 8.78 Å². The summed E-state index contributed by atoms with van der Waals surface area (Å²) in [5.41, 5.74) is 0. The average Bonchev–Trinajstić information content (AvgIpc) is 2.51. The molecule has 0 aromatic heterocycles. The molecule has 9 heteroatoms. The molecular weight excluding hydrogens is 348 g/mol. The van der Waals surface area contributed by atoms with Gasteiger partial charge in [0.15, 0.2) is 0 Å². The fourth-order valence-corrected chi connectivity index (χ4v) is 3.65. The summed E-state index contributed by atoms with van der Waals surface area (Å²) in [6, 6.07) is -1.17. The van der Waals surface area contributed by atoms with Gasteiger partial charge >= 0.3 is 0 Å². The second-order valence-corrected chi connectivity index (χ2v) is 7.74. The fraction of sp³-hybridized carbons (Fsp3) is 0.938. The smallest absolute Gasteiger partial charge is 0.259 e. The van der Waals surface area contributed by atoms with E-state index >= 15 is 0 Å². The van der Waals surface area contributed by atoms with E-state index in [1.165, 1.54) is 6.92 Å². The second kappa shape index (κ2) is 12.1. The third-order valence-electron chi connectivity index (χ3n) is 3.37. The molecule has 0 aliphatic heterocycles. The van der Waals surface area contributed by atoms with Crippen LogP contribution < -0.4 is 0 Å². The Morgan fingerprint density at radius 2 is 1.76 bits per heavy atom. The lowest BCUT2D eigenvalue weighted by molar-refractivity contribution is -0.188. The minimum absolute atomic E-state index is 0.0397. The van der Waals surface area contributed by atoms with Gasteiger partial charge in [-0.15, -0.1) is 0 Å². The average molecular weight is 378 g/mol. The fourth-order valence-electron chi connectivity index (χ4n) is 2.02. The van der Waals surface area contributed by atoms with Crippen LogP contribution in [0.25, 0.3) is 4.85 Å². The Bertz CT molecular complexity index is 405. The van der Waals surface area contributed by atoms with Gasteiger partial charge in [0.25, 0.3) is 8.53 Å². The molecule has 0 rings (SSSR count). The Kier molecular flexibility index (Phi) is 12.0. The van der Waals surface area contributed by atoms with Crippen LogP contribution >= 0.6 is 8.53 Å². The first kappa shape index (κ1) is 24.7. The molecular formula is C16H30BF2N2O3P. The van der Waals surface area contributed by atoms with Crippen LogP contribution in [0.2, 0.25) is 0 Å². The number of ether oxygens (including phenoxy) is 1. The van der Waals surface area contributed by atoms with Crippen molar-refractivity contribution >= 4 is 16.4 Å². The molecule has 0 heterocycles. The summed E-state index contributed by atoms with van der Waals surface area (Å²) in [5, 5.41) is 0. The summed E-state index contributed by atoms with van der Waals surface area (Å²) in [6.07, 6.45) is -1.54. The Hall–Kier alpha value is -0.315. The van der Waals surface area contributed by atoms with E-state index in [4.69, 9.17) is 28.2 Å². The van der Waals surface area contributed by atoms with Gasteiger partial charge in [-0.1, -0.05) is 6.92 Å². The topological polar surface area (TPSA) is 35.3 Å². The van der Waals surface area contributed by atoms with Gasteiger partial charge in [0.05, 0.1) is 6.00 Å². The van der Waals surface area contributed by atoms with E-state index < -0.39 is 33.2 Å². The van der Waals surface area contributed by atoms with Gasteiger partial charge in [-0.2, -0.15) is 0 Å². The molecule has 144 valence electrons. The molecule has 0 spiro atoms. The Morgan fingerprint density at radius 3 is 2.16 bits per heavy atom. The molecule has 0 aliphatic carbocycles. The highest BCUT2D eigenvalue weighted by Crippen LogP contribution is 2.47. The van der Waals surface area contributed by atoms with Crippen LogP contribution in [0.5, 0.6) is 0 Å². The molecule has 4 atom stereocenters. The summed E-state index contributed by atoms with van der Waals surface area (Å²) in [7, 11) is 3.89. The number of hydrogen-bond acceptors (Lipinski definition) is 4. The number of nitrogens with zero attached hydrogens (tertiary/aromatic N) is 2. The van der Waals surface area contributed by atoms with Crippen molar-refractivity contribution in [2.75, 3.05) is 19.8 Å². The molecule has 5 nitrogen and oxygen atoms in total. The van der Waals surface area contributed by atoms with Crippen molar-refractivity contribution in [3.05, 3.63) is 11.4 Å². The van der Waals surface area contributed by atoms with E-state index in [0.717, 1.165) is 0 Å². The van der Waals surface area contributed by atoms with Crippen molar-refractivity contribution in [3.8, 4) is 0 Å². The molecule has 0 fully saturated rings. The van der Waals surface area contributed by atoms with Gasteiger partial charge in [-0.05, 0) is 34.6 Å². The zero-order chi connectivity index (χ0) is 19.6. The number of rotatable bonds is 13. The van der Waals surface area contributed by atoms with E-state index in [2.05, 4.69) is 4.85 Å². The van der Waals surface area contributed by atoms with Crippen LogP contribution in [0.1, 0.15) is 48.0 Å². The maximum absolute atomic E-state index is 14.8. The number of hydrogen-bond donors (Lipinski definition) is 0. The highest BCUT2D eigenvalue weighted by Gasteiger charge is 2.36. The van der Waals surface area contributed by atoms with Crippen LogP contribution in [-0.2, 0) is 13.8 Å². The van der Waals surface area contributed by atoms with Gasteiger partial charge in [-0.3, -0.25) is 0 Å². The van der Waals surface area contributed by atoms with Gasteiger partial charge in [-0.25, -0.2) is 20.0 Å². The van der Waals surface area contributed by atoms with Crippen LogP contribution in [-0.4, -0.2) is 62.4 Å². The monoisotopic (exact) mass is 378 g/mol. The number of alkyl halides is 2. The minimum Gasteiger partial charge on any atom is -0.348 e. The van der Waals surface area contributed by atoms with Gasteiger partial charge in [0, 0.05) is 18.5 Å². The highest BCUT2D eigenvalue weighted by atomic mass is 31.2. The Balaban J connectivity index is 5.05. The lowest BCUT2D eigenvalue weighted by Gasteiger charge is -2.37. The zero-order valence-corrected chi connectivity index (χ0v) is 16.9.